The summed E-state index contributed by atoms with van der Waals surface area (Å²) in [5.41, 5.74) is 4.64. The minimum Gasteiger partial charge on any atom is -0.327 e. The number of rotatable bonds is 2. The lowest BCUT2D eigenvalue weighted by Gasteiger charge is -2.27. The molecule has 0 spiro atoms. The van der Waals surface area contributed by atoms with Gasteiger partial charge >= 0.3 is 6.18 Å². The molecule has 1 amide bonds. The van der Waals surface area contributed by atoms with Gasteiger partial charge in [-0.15, -0.1) is 0 Å². The molecule has 2 rings (SSSR count). The Bertz CT molecular complexity index is 533. The molecule has 1 fully saturated rings. The molecule has 0 bridgehead atoms. The number of alkyl halides is 3. The highest BCUT2D eigenvalue weighted by Gasteiger charge is 2.35. The van der Waals surface area contributed by atoms with Crippen LogP contribution in [0.15, 0.2) is 18.2 Å². The molecule has 0 aliphatic heterocycles. The highest BCUT2D eigenvalue weighted by molar-refractivity contribution is 6.30. The number of carbonyl (C=O) groups excluding carboxylic acids is 1. The van der Waals surface area contributed by atoms with Gasteiger partial charge in [-0.05, 0) is 31.0 Å². The molecule has 116 valence electrons. The van der Waals surface area contributed by atoms with E-state index in [1.54, 1.807) is 0 Å². The van der Waals surface area contributed by atoms with Gasteiger partial charge < -0.3 is 11.1 Å². The van der Waals surface area contributed by atoms with Crippen LogP contribution in [0.5, 0.6) is 0 Å². The molecule has 1 aromatic rings. The molecule has 3 nitrogen and oxygen atoms in total. The minimum atomic E-state index is -4.58. The standard InChI is InChI=1S/C14H16ClF3N2O/c15-8-5-6-12(10(7-8)14(16,17)18)20-13(21)9-3-1-2-4-11(9)19/h5-7,9,11H,1-4,19H2,(H,20,21). The zero-order valence-corrected chi connectivity index (χ0v) is 12.0. The van der Waals surface area contributed by atoms with Gasteiger partial charge in [-0.25, -0.2) is 0 Å². The lowest BCUT2D eigenvalue weighted by molar-refractivity contribution is -0.137. The van der Waals surface area contributed by atoms with Crippen LogP contribution in [0.3, 0.4) is 0 Å². The second-order valence-electron chi connectivity index (χ2n) is 5.23. The Labute approximate surface area is 125 Å². The molecule has 2 atom stereocenters. The van der Waals surface area contributed by atoms with Crippen molar-refractivity contribution in [3.8, 4) is 0 Å². The summed E-state index contributed by atoms with van der Waals surface area (Å²) in [5.74, 6) is -0.912. The van der Waals surface area contributed by atoms with Crippen LogP contribution in [0.1, 0.15) is 31.2 Å². The number of carbonyl (C=O) groups is 1. The fourth-order valence-electron chi connectivity index (χ4n) is 2.57. The van der Waals surface area contributed by atoms with Gasteiger partial charge in [-0.1, -0.05) is 24.4 Å². The van der Waals surface area contributed by atoms with E-state index < -0.39 is 23.6 Å². The third-order valence-electron chi connectivity index (χ3n) is 3.70. The fraction of sp³-hybridized carbons (Fsp3) is 0.500. The summed E-state index contributed by atoms with van der Waals surface area (Å²) < 4.78 is 38.9. The number of benzene rings is 1. The minimum absolute atomic E-state index is 0.0327. The van der Waals surface area contributed by atoms with Gasteiger partial charge in [0.05, 0.1) is 17.2 Å². The molecule has 0 saturated heterocycles. The zero-order chi connectivity index (χ0) is 15.6. The van der Waals surface area contributed by atoms with Gasteiger partial charge in [0.25, 0.3) is 0 Å². The third kappa shape index (κ3) is 3.89. The first kappa shape index (κ1) is 16.1. The number of nitrogens with two attached hydrogens (primary N) is 1. The molecule has 0 radical (unpaired) electrons. The second kappa shape index (κ2) is 6.23. The van der Waals surface area contributed by atoms with Crippen molar-refractivity contribution in [3.05, 3.63) is 28.8 Å². The van der Waals surface area contributed by atoms with E-state index in [4.69, 9.17) is 17.3 Å². The average Bonchev–Trinajstić information content (AvgIpc) is 2.40. The summed E-state index contributed by atoms with van der Waals surface area (Å²) in [6.45, 7) is 0. The van der Waals surface area contributed by atoms with Gasteiger partial charge in [0, 0.05) is 11.1 Å². The van der Waals surface area contributed by atoms with Gasteiger partial charge in [0.1, 0.15) is 0 Å². The van der Waals surface area contributed by atoms with E-state index >= 15 is 0 Å². The van der Waals surface area contributed by atoms with E-state index in [1.165, 1.54) is 6.07 Å². The normalized spacial score (nSPS) is 22.9. The summed E-state index contributed by atoms with van der Waals surface area (Å²) in [6, 6.07) is 2.98. The molecule has 0 aromatic heterocycles. The SMILES string of the molecule is NC1CCCCC1C(=O)Nc1ccc(Cl)cc1C(F)(F)F. The second-order valence-corrected chi connectivity index (χ2v) is 5.67. The topological polar surface area (TPSA) is 55.1 Å². The monoisotopic (exact) mass is 320 g/mol. The number of nitrogens with one attached hydrogen (secondary N) is 1. The first-order chi connectivity index (χ1) is 9.79. The highest BCUT2D eigenvalue weighted by Crippen LogP contribution is 2.37. The van der Waals surface area contributed by atoms with Crippen molar-refractivity contribution in [2.24, 2.45) is 11.7 Å². The molecule has 0 heterocycles. The molecule has 7 heteroatoms. The Balaban J connectivity index is 2.21. The van der Waals surface area contributed by atoms with Crippen LogP contribution in [0.2, 0.25) is 5.02 Å². The van der Waals surface area contributed by atoms with E-state index in [0.29, 0.717) is 12.8 Å². The molecule has 21 heavy (non-hydrogen) atoms. The van der Waals surface area contributed by atoms with Crippen molar-refractivity contribution < 1.29 is 18.0 Å². The number of anilines is 1. The zero-order valence-electron chi connectivity index (χ0n) is 11.2. The van der Waals surface area contributed by atoms with Crippen LogP contribution in [0.25, 0.3) is 0 Å². The molecule has 1 aliphatic carbocycles. The molecular formula is C14H16ClF3N2O. The van der Waals surface area contributed by atoms with Gasteiger partial charge in [0.2, 0.25) is 5.91 Å². The van der Waals surface area contributed by atoms with Gasteiger partial charge in [-0.3, -0.25) is 4.79 Å². The van der Waals surface area contributed by atoms with Gasteiger partial charge in [0.15, 0.2) is 0 Å². The van der Waals surface area contributed by atoms with E-state index in [1.807, 2.05) is 0 Å². The maximum atomic E-state index is 13.0. The Morgan fingerprint density at radius 2 is 1.95 bits per heavy atom. The molecular weight excluding hydrogens is 305 g/mol. The number of amides is 1. The lowest BCUT2D eigenvalue weighted by Crippen LogP contribution is -2.41. The summed E-state index contributed by atoms with van der Waals surface area (Å²) in [6.07, 6.45) is -1.47. The first-order valence-electron chi connectivity index (χ1n) is 6.72. The lowest BCUT2D eigenvalue weighted by atomic mass is 9.84. The summed E-state index contributed by atoms with van der Waals surface area (Å²) in [5, 5.41) is 2.31. The molecule has 1 aliphatic rings. The maximum absolute atomic E-state index is 13.0. The van der Waals surface area contributed by atoms with E-state index in [0.717, 1.165) is 25.0 Å². The van der Waals surface area contributed by atoms with E-state index in [-0.39, 0.29) is 16.8 Å². The Morgan fingerprint density at radius 1 is 1.29 bits per heavy atom. The highest BCUT2D eigenvalue weighted by atomic mass is 35.5. The Hall–Kier alpha value is -1.27. The van der Waals surface area contributed by atoms with E-state index in [2.05, 4.69) is 5.32 Å². The van der Waals surface area contributed by atoms with Gasteiger partial charge in [-0.2, -0.15) is 13.2 Å². The van der Waals surface area contributed by atoms with E-state index in [9.17, 15) is 18.0 Å². The van der Waals surface area contributed by atoms with Crippen molar-refractivity contribution in [1.29, 1.82) is 0 Å². The van der Waals surface area contributed by atoms with Crippen molar-refractivity contribution in [2.45, 2.75) is 37.9 Å². The molecule has 1 saturated carbocycles. The predicted molar refractivity (Wildman–Crippen MR) is 75.0 cm³/mol. The fourth-order valence-corrected chi connectivity index (χ4v) is 2.74. The smallest absolute Gasteiger partial charge is 0.327 e. The number of halogens is 4. The van der Waals surface area contributed by atoms with Crippen molar-refractivity contribution in [3.63, 3.8) is 0 Å². The van der Waals surface area contributed by atoms with Crippen LogP contribution in [0.4, 0.5) is 18.9 Å². The third-order valence-corrected chi connectivity index (χ3v) is 3.94. The van der Waals surface area contributed by atoms with Crippen LogP contribution in [-0.2, 0) is 11.0 Å². The van der Waals surface area contributed by atoms with Crippen molar-refractivity contribution in [1.82, 2.24) is 0 Å². The average molecular weight is 321 g/mol. The summed E-state index contributed by atoms with van der Waals surface area (Å²) in [4.78, 5) is 12.2. The van der Waals surface area contributed by atoms with Crippen molar-refractivity contribution >= 4 is 23.2 Å². The number of hydrogen-bond donors (Lipinski definition) is 2. The Morgan fingerprint density at radius 3 is 2.57 bits per heavy atom. The largest absolute Gasteiger partial charge is 0.418 e. The quantitative estimate of drug-likeness (QED) is 0.870. The molecule has 3 N–H and O–H groups in total. The van der Waals surface area contributed by atoms with Crippen LogP contribution in [-0.4, -0.2) is 11.9 Å². The van der Waals surface area contributed by atoms with Crippen LogP contribution >= 0.6 is 11.6 Å². The maximum Gasteiger partial charge on any atom is 0.418 e. The van der Waals surface area contributed by atoms with Crippen LogP contribution in [0, 0.1) is 5.92 Å². The number of hydrogen-bond acceptors (Lipinski definition) is 2. The van der Waals surface area contributed by atoms with Crippen LogP contribution < -0.4 is 11.1 Å². The Kier molecular flexibility index (Phi) is 4.78. The molecule has 2 unspecified atom stereocenters. The predicted octanol–water partition coefficient (Wildman–Crippen LogP) is 3.81. The summed E-state index contributed by atoms with van der Waals surface area (Å²) in [7, 11) is 0. The first-order valence-corrected chi connectivity index (χ1v) is 7.10. The molecule has 1 aromatic carbocycles. The van der Waals surface area contributed by atoms with Crippen molar-refractivity contribution in [2.75, 3.05) is 5.32 Å². The summed E-state index contributed by atoms with van der Waals surface area (Å²) >= 11 is 5.60.